The van der Waals surface area contributed by atoms with Crippen LogP contribution in [0.25, 0.3) is 11.1 Å². The van der Waals surface area contributed by atoms with Crippen molar-refractivity contribution >= 4 is 28.4 Å². The molecule has 0 saturated heterocycles. The van der Waals surface area contributed by atoms with Gasteiger partial charge in [-0.2, -0.15) is 0 Å². The number of para-hydroxylation sites is 1. The van der Waals surface area contributed by atoms with Crippen LogP contribution in [0.4, 0.5) is 11.4 Å². The molecule has 134 valence electrons. The normalized spacial score (nSPS) is 10.7. The summed E-state index contributed by atoms with van der Waals surface area (Å²) in [6.45, 7) is 0.649. The summed E-state index contributed by atoms with van der Waals surface area (Å²) in [5.74, 6) is -0.798. The lowest BCUT2D eigenvalue weighted by atomic mass is 10.1. The minimum Gasteiger partial charge on any atom is -0.408 e. The first-order chi connectivity index (χ1) is 13.2. The summed E-state index contributed by atoms with van der Waals surface area (Å²) >= 11 is 0. The molecule has 6 heteroatoms. The molecule has 3 N–H and O–H groups in total. The van der Waals surface area contributed by atoms with Crippen LogP contribution in [-0.4, -0.2) is 10.9 Å². The van der Waals surface area contributed by atoms with Crippen LogP contribution in [0.3, 0.4) is 0 Å². The molecule has 3 aromatic carbocycles. The van der Waals surface area contributed by atoms with E-state index in [4.69, 9.17) is 4.42 Å². The number of hydrogen-bond acceptors (Lipinski definition) is 4. The third-order valence-electron chi connectivity index (χ3n) is 4.14. The van der Waals surface area contributed by atoms with Crippen LogP contribution < -0.4 is 16.4 Å². The lowest BCUT2D eigenvalue weighted by molar-refractivity contribution is 0.102. The van der Waals surface area contributed by atoms with Crippen molar-refractivity contribution in [2.75, 3.05) is 10.6 Å². The monoisotopic (exact) mass is 359 g/mol. The maximum absolute atomic E-state index is 12.5. The lowest BCUT2D eigenvalue weighted by Gasteiger charge is -2.09. The fourth-order valence-corrected chi connectivity index (χ4v) is 2.82. The molecule has 0 fully saturated rings. The molecular formula is C21H17N3O3. The highest BCUT2D eigenvalue weighted by molar-refractivity contribution is 6.05. The van der Waals surface area contributed by atoms with Gasteiger partial charge in [-0.05, 0) is 48.0 Å². The smallest absolute Gasteiger partial charge is 0.408 e. The molecule has 0 aliphatic carbocycles. The van der Waals surface area contributed by atoms with Gasteiger partial charge in [-0.15, -0.1) is 0 Å². The predicted octanol–water partition coefficient (Wildman–Crippen LogP) is 3.99. The van der Waals surface area contributed by atoms with E-state index in [1.54, 1.807) is 18.2 Å². The van der Waals surface area contributed by atoms with Gasteiger partial charge in [-0.3, -0.25) is 9.78 Å². The molecule has 1 heterocycles. The van der Waals surface area contributed by atoms with Crippen molar-refractivity contribution in [3.8, 4) is 0 Å². The van der Waals surface area contributed by atoms with Gasteiger partial charge in [0.2, 0.25) is 0 Å². The molecule has 0 unspecified atom stereocenters. The number of aromatic amines is 1. The first kappa shape index (κ1) is 16.7. The Labute approximate surface area is 154 Å². The molecule has 1 amide bonds. The number of carbonyl (C=O) groups is 1. The molecule has 1 aromatic heterocycles. The molecule has 0 radical (unpaired) electrons. The molecule has 27 heavy (non-hydrogen) atoms. The molecule has 4 rings (SSSR count). The zero-order valence-corrected chi connectivity index (χ0v) is 14.4. The number of rotatable bonds is 5. The molecule has 0 aliphatic rings. The third-order valence-corrected chi connectivity index (χ3v) is 4.14. The minimum atomic E-state index is -0.541. The highest BCUT2D eigenvalue weighted by Crippen LogP contribution is 2.16. The van der Waals surface area contributed by atoms with Gasteiger partial charge in [0.15, 0.2) is 5.58 Å². The molecule has 0 saturated carbocycles. The fraction of sp³-hybridized carbons (Fsp3) is 0.0476. The molecule has 4 aromatic rings. The van der Waals surface area contributed by atoms with Crippen LogP contribution >= 0.6 is 0 Å². The SMILES string of the molecule is O=C(Nc1cccc(CNc2ccccc2)c1)c1ccc2oc(=O)[nH]c2c1. The van der Waals surface area contributed by atoms with E-state index < -0.39 is 5.76 Å². The third kappa shape index (κ3) is 3.90. The van der Waals surface area contributed by atoms with E-state index in [9.17, 15) is 9.59 Å². The van der Waals surface area contributed by atoms with Crippen LogP contribution in [0.15, 0.2) is 82.0 Å². The van der Waals surface area contributed by atoms with Gasteiger partial charge in [-0.25, -0.2) is 4.79 Å². The number of nitrogens with one attached hydrogen (secondary N) is 3. The number of carbonyl (C=O) groups excluding carboxylic acids is 1. The Balaban J connectivity index is 1.46. The summed E-state index contributed by atoms with van der Waals surface area (Å²) in [5, 5.41) is 6.22. The van der Waals surface area contributed by atoms with E-state index in [1.165, 1.54) is 0 Å². The van der Waals surface area contributed by atoms with E-state index in [-0.39, 0.29) is 5.91 Å². The molecular weight excluding hydrogens is 342 g/mol. The van der Waals surface area contributed by atoms with Crippen LogP contribution in [0.1, 0.15) is 15.9 Å². The number of fused-ring (bicyclic) bond motifs is 1. The van der Waals surface area contributed by atoms with Gasteiger partial charge in [-0.1, -0.05) is 30.3 Å². The maximum atomic E-state index is 12.5. The average Bonchev–Trinajstić information content (AvgIpc) is 3.06. The van der Waals surface area contributed by atoms with E-state index in [2.05, 4.69) is 15.6 Å². The number of anilines is 2. The Morgan fingerprint density at radius 2 is 1.74 bits per heavy atom. The van der Waals surface area contributed by atoms with Crippen molar-refractivity contribution < 1.29 is 9.21 Å². The molecule has 0 spiro atoms. The fourth-order valence-electron chi connectivity index (χ4n) is 2.82. The standard InChI is InChI=1S/C21H17N3O3/c25-20(15-9-10-19-18(12-15)24-21(26)27-19)23-17-8-4-5-14(11-17)13-22-16-6-2-1-3-7-16/h1-12,22H,13H2,(H,23,25)(H,24,26). The second kappa shape index (κ2) is 7.21. The first-order valence-corrected chi connectivity index (χ1v) is 8.49. The Morgan fingerprint density at radius 3 is 2.59 bits per heavy atom. The number of hydrogen-bond donors (Lipinski definition) is 3. The van der Waals surface area contributed by atoms with Crippen LogP contribution in [0.5, 0.6) is 0 Å². The number of benzene rings is 3. The molecule has 6 nitrogen and oxygen atoms in total. The largest absolute Gasteiger partial charge is 0.417 e. The van der Waals surface area contributed by atoms with Crippen LogP contribution in [0, 0.1) is 0 Å². The quantitative estimate of drug-likeness (QED) is 0.503. The second-order valence-electron chi connectivity index (χ2n) is 6.10. The maximum Gasteiger partial charge on any atom is 0.417 e. The molecule has 0 bridgehead atoms. The summed E-state index contributed by atoms with van der Waals surface area (Å²) in [5.41, 5.74) is 4.14. The summed E-state index contributed by atoms with van der Waals surface area (Å²) < 4.78 is 4.95. The van der Waals surface area contributed by atoms with Gasteiger partial charge in [0.05, 0.1) is 5.52 Å². The van der Waals surface area contributed by atoms with Crippen molar-refractivity contribution in [2.24, 2.45) is 0 Å². The number of oxazole rings is 1. The highest BCUT2D eigenvalue weighted by atomic mass is 16.4. The Bertz CT molecular complexity index is 1150. The highest BCUT2D eigenvalue weighted by Gasteiger charge is 2.09. The second-order valence-corrected chi connectivity index (χ2v) is 6.10. The van der Waals surface area contributed by atoms with Gasteiger partial charge in [0.25, 0.3) is 5.91 Å². The van der Waals surface area contributed by atoms with Crippen molar-refractivity contribution in [1.29, 1.82) is 0 Å². The summed E-state index contributed by atoms with van der Waals surface area (Å²) in [7, 11) is 0. The van der Waals surface area contributed by atoms with E-state index in [1.807, 2.05) is 54.6 Å². The van der Waals surface area contributed by atoms with Crippen molar-refractivity contribution in [3.05, 3.63) is 94.5 Å². The van der Waals surface area contributed by atoms with Crippen molar-refractivity contribution in [1.82, 2.24) is 4.98 Å². The first-order valence-electron chi connectivity index (χ1n) is 8.49. The van der Waals surface area contributed by atoms with Crippen molar-refractivity contribution in [2.45, 2.75) is 6.54 Å². The number of amides is 1. The summed E-state index contributed by atoms with van der Waals surface area (Å²) in [4.78, 5) is 26.3. The minimum absolute atomic E-state index is 0.257. The number of H-pyrrole nitrogens is 1. The lowest BCUT2D eigenvalue weighted by Crippen LogP contribution is -2.12. The Morgan fingerprint density at radius 1 is 0.926 bits per heavy atom. The van der Waals surface area contributed by atoms with Crippen molar-refractivity contribution in [3.63, 3.8) is 0 Å². The molecule has 0 aliphatic heterocycles. The van der Waals surface area contributed by atoms with E-state index in [0.29, 0.717) is 28.9 Å². The number of aromatic nitrogens is 1. The van der Waals surface area contributed by atoms with Gasteiger partial charge in [0, 0.05) is 23.5 Å². The predicted molar refractivity (Wildman–Crippen MR) is 105 cm³/mol. The Hall–Kier alpha value is -3.80. The van der Waals surface area contributed by atoms with E-state index >= 15 is 0 Å². The zero-order chi connectivity index (χ0) is 18.6. The summed E-state index contributed by atoms with van der Waals surface area (Å²) in [6.07, 6.45) is 0. The van der Waals surface area contributed by atoms with Gasteiger partial charge < -0.3 is 15.1 Å². The van der Waals surface area contributed by atoms with Gasteiger partial charge >= 0.3 is 5.76 Å². The van der Waals surface area contributed by atoms with Gasteiger partial charge in [0.1, 0.15) is 0 Å². The van der Waals surface area contributed by atoms with Crippen LogP contribution in [0.2, 0.25) is 0 Å². The molecule has 0 atom stereocenters. The van der Waals surface area contributed by atoms with E-state index in [0.717, 1.165) is 11.3 Å². The average molecular weight is 359 g/mol. The summed E-state index contributed by atoms with van der Waals surface area (Å²) in [6, 6.07) is 22.4. The topological polar surface area (TPSA) is 87.1 Å². The Kier molecular flexibility index (Phi) is 4.45. The zero-order valence-electron chi connectivity index (χ0n) is 14.4. The van der Waals surface area contributed by atoms with Crippen LogP contribution in [-0.2, 0) is 6.54 Å².